The number of fused-ring (bicyclic) bond motifs is 1. The van der Waals surface area contributed by atoms with Crippen LogP contribution in [0.4, 0.5) is 8.78 Å². The zero-order chi connectivity index (χ0) is 18.9. The van der Waals surface area contributed by atoms with E-state index in [4.69, 9.17) is 26.3 Å². The highest BCUT2D eigenvalue weighted by Gasteiger charge is 2.53. The molecule has 1 saturated heterocycles. The summed E-state index contributed by atoms with van der Waals surface area (Å²) in [5, 5.41) is 15.3. The maximum absolute atomic E-state index is 13.8. The quantitative estimate of drug-likeness (QED) is 0.707. The molecule has 8 heteroatoms. The van der Waals surface area contributed by atoms with E-state index in [1.54, 1.807) is 26.2 Å². The number of nitrogens with zero attached hydrogens (tertiary/aromatic N) is 3. The number of halogens is 3. The molecule has 0 aromatic heterocycles. The van der Waals surface area contributed by atoms with Crippen molar-refractivity contribution in [1.82, 2.24) is 5.01 Å². The Morgan fingerprint density at radius 3 is 2.88 bits per heavy atom. The summed E-state index contributed by atoms with van der Waals surface area (Å²) in [7, 11) is 1.60. The summed E-state index contributed by atoms with van der Waals surface area (Å²) in [6.07, 6.45) is -0.197. The molecule has 2 heterocycles. The average Bonchev–Trinajstić information content (AvgIpc) is 3.06. The van der Waals surface area contributed by atoms with Gasteiger partial charge in [0.2, 0.25) is 0 Å². The van der Waals surface area contributed by atoms with Crippen molar-refractivity contribution in [2.75, 3.05) is 26.9 Å². The van der Waals surface area contributed by atoms with Crippen LogP contribution in [-0.2, 0) is 9.47 Å². The molecule has 26 heavy (non-hydrogen) atoms. The lowest BCUT2D eigenvalue weighted by molar-refractivity contribution is 0.00804. The van der Waals surface area contributed by atoms with E-state index in [9.17, 15) is 8.78 Å². The maximum Gasteiger partial charge on any atom is 0.269 e. The second-order valence-corrected chi connectivity index (χ2v) is 6.94. The molecule has 1 aromatic rings. The van der Waals surface area contributed by atoms with E-state index < -0.39 is 24.6 Å². The van der Waals surface area contributed by atoms with Gasteiger partial charge in [0.1, 0.15) is 18.7 Å². The summed E-state index contributed by atoms with van der Waals surface area (Å²) < 4.78 is 38.6. The number of hydrazone groups is 1. The molecule has 1 fully saturated rings. The Labute approximate surface area is 156 Å². The lowest BCUT2D eigenvalue weighted by atomic mass is 9.94. The van der Waals surface area contributed by atoms with Crippen molar-refractivity contribution in [3.05, 3.63) is 33.8 Å². The molecule has 2 atom stereocenters. The van der Waals surface area contributed by atoms with Crippen LogP contribution < -0.4 is 0 Å². The summed E-state index contributed by atoms with van der Waals surface area (Å²) in [6.45, 7) is 2.30. The summed E-state index contributed by atoms with van der Waals surface area (Å²) in [6, 6.07) is 4.91. The van der Waals surface area contributed by atoms with Gasteiger partial charge in [-0.2, -0.15) is 10.4 Å². The number of rotatable bonds is 6. The summed E-state index contributed by atoms with van der Waals surface area (Å²) in [4.78, 5) is 0. The Kier molecular flexibility index (Phi) is 5.47. The van der Waals surface area contributed by atoms with E-state index in [1.807, 2.05) is 6.07 Å². The highest BCUT2D eigenvalue weighted by molar-refractivity contribution is 6.33. The summed E-state index contributed by atoms with van der Waals surface area (Å²) >= 11 is 6.27. The van der Waals surface area contributed by atoms with Crippen molar-refractivity contribution in [3.63, 3.8) is 0 Å². The van der Waals surface area contributed by atoms with Crippen molar-refractivity contribution >= 4 is 17.3 Å². The Bertz CT molecular complexity index is 764. The van der Waals surface area contributed by atoms with Gasteiger partial charge in [-0.15, -0.1) is 0 Å². The van der Waals surface area contributed by atoms with Crippen molar-refractivity contribution in [2.24, 2.45) is 5.10 Å². The smallest absolute Gasteiger partial charge is 0.269 e. The third-order valence-electron chi connectivity index (χ3n) is 4.71. The largest absolute Gasteiger partial charge is 0.385 e. The van der Waals surface area contributed by atoms with E-state index >= 15 is 0 Å². The van der Waals surface area contributed by atoms with E-state index in [1.165, 1.54) is 5.01 Å². The van der Waals surface area contributed by atoms with Crippen LogP contribution in [0.15, 0.2) is 17.2 Å². The number of hydrogen-bond acceptors (Lipinski definition) is 5. The maximum atomic E-state index is 13.8. The van der Waals surface area contributed by atoms with Crippen LogP contribution in [-0.4, -0.2) is 55.7 Å². The first kappa shape index (κ1) is 19.0. The fraction of sp³-hybridized carbons (Fsp3) is 0.556. The third kappa shape index (κ3) is 3.54. The van der Waals surface area contributed by atoms with E-state index in [0.29, 0.717) is 41.5 Å². The topological polar surface area (TPSA) is 57.9 Å². The van der Waals surface area contributed by atoms with E-state index in [2.05, 4.69) is 5.10 Å². The van der Waals surface area contributed by atoms with Crippen LogP contribution >= 0.6 is 11.6 Å². The first-order valence-corrected chi connectivity index (χ1v) is 8.79. The predicted octanol–water partition coefficient (Wildman–Crippen LogP) is 3.37. The zero-order valence-corrected chi connectivity index (χ0v) is 15.4. The number of nitriles is 1. The molecule has 0 amide bonds. The Hall–Kier alpha value is -1.75. The van der Waals surface area contributed by atoms with Gasteiger partial charge in [-0.25, -0.2) is 8.78 Å². The lowest BCUT2D eigenvalue weighted by Gasteiger charge is -2.22. The number of benzene rings is 1. The zero-order valence-electron chi connectivity index (χ0n) is 14.6. The minimum atomic E-state index is -2.77. The van der Waals surface area contributed by atoms with Gasteiger partial charge in [-0.1, -0.05) is 17.7 Å². The number of hydrogen-bond donors (Lipinski definition) is 0. The molecule has 3 rings (SSSR count). The van der Waals surface area contributed by atoms with Gasteiger partial charge < -0.3 is 9.47 Å². The normalized spacial score (nSPS) is 23.7. The molecule has 0 saturated carbocycles. The van der Waals surface area contributed by atoms with Crippen LogP contribution in [0.5, 0.6) is 0 Å². The van der Waals surface area contributed by atoms with Crippen LogP contribution in [0.25, 0.3) is 0 Å². The molecule has 0 N–H and O–H groups in total. The molecule has 5 nitrogen and oxygen atoms in total. The molecular formula is C18H20ClF2N3O2. The van der Waals surface area contributed by atoms with Gasteiger partial charge in [-0.3, -0.25) is 5.01 Å². The minimum Gasteiger partial charge on any atom is -0.385 e. The number of ether oxygens (including phenoxy) is 2. The first-order valence-electron chi connectivity index (χ1n) is 8.41. The molecule has 2 aliphatic heterocycles. The fourth-order valence-corrected chi connectivity index (χ4v) is 3.65. The minimum absolute atomic E-state index is 0.294. The molecule has 0 aliphatic carbocycles. The van der Waals surface area contributed by atoms with Crippen molar-refractivity contribution in [3.8, 4) is 6.07 Å². The van der Waals surface area contributed by atoms with Gasteiger partial charge in [0.05, 0.1) is 22.3 Å². The monoisotopic (exact) mass is 383 g/mol. The Balaban J connectivity index is 1.91. The van der Waals surface area contributed by atoms with Crippen molar-refractivity contribution in [2.45, 2.75) is 37.8 Å². The first-order chi connectivity index (χ1) is 12.4. The van der Waals surface area contributed by atoms with Gasteiger partial charge in [0.25, 0.3) is 5.92 Å². The molecule has 140 valence electrons. The molecule has 1 aromatic carbocycles. The highest BCUT2D eigenvalue weighted by Crippen LogP contribution is 2.40. The van der Waals surface area contributed by atoms with Crippen LogP contribution in [0.3, 0.4) is 0 Å². The fourth-order valence-electron chi connectivity index (χ4n) is 3.44. The van der Waals surface area contributed by atoms with Gasteiger partial charge in [0, 0.05) is 32.3 Å². The molecule has 0 radical (unpaired) electrons. The molecule has 2 aliphatic rings. The highest BCUT2D eigenvalue weighted by atomic mass is 35.5. The van der Waals surface area contributed by atoms with Gasteiger partial charge in [-0.05, 0) is 25.0 Å². The standard InChI is InChI=1S/C18H20ClF2N3O2/c1-11-13(5-4-12(9-22)15(11)19)16-17(26-7-3-6-25-2)14-8-18(20,21)10-24(14)23-16/h4-5,14,17H,3,6-8,10H2,1-2H3. The Morgan fingerprint density at radius 1 is 1.42 bits per heavy atom. The predicted molar refractivity (Wildman–Crippen MR) is 93.7 cm³/mol. The molecule has 0 spiro atoms. The van der Waals surface area contributed by atoms with E-state index in [0.717, 1.165) is 5.56 Å². The second-order valence-electron chi connectivity index (χ2n) is 6.56. The third-order valence-corrected chi connectivity index (χ3v) is 5.20. The van der Waals surface area contributed by atoms with Gasteiger partial charge in [0.15, 0.2) is 0 Å². The SMILES string of the molecule is COCCCOC1C(c2ccc(C#N)c(Cl)c2C)=NN2CC(F)(F)CC12. The van der Waals surface area contributed by atoms with Crippen LogP contribution in [0.2, 0.25) is 5.02 Å². The van der Waals surface area contributed by atoms with Crippen molar-refractivity contribution in [1.29, 1.82) is 5.26 Å². The van der Waals surface area contributed by atoms with Crippen molar-refractivity contribution < 1.29 is 18.3 Å². The Morgan fingerprint density at radius 2 is 2.19 bits per heavy atom. The number of alkyl halides is 2. The average molecular weight is 384 g/mol. The van der Waals surface area contributed by atoms with Crippen LogP contribution in [0.1, 0.15) is 29.5 Å². The number of methoxy groups -OCH3 is 1. The molecule has 2 unspecified atom stereocenters. The van der Waals surface area contributed by atoms with Crippen LogP contribution in [0, 0.1) is 18.3 Å². The lowest BCUT2D eigenvalue weighted by Crippen LogP contribution is -2.36. The second kappa shape index (κ2) is 7.47. The molecular weight excluding hydrogens is 364 g/mol. The summed E-state index contributed by atoms with van der Waals surface area (Å²) in [5.41, 5.74) is 2.38. The summed E-state index contributed by atoms with van der Waals surface area (Å²) in [5.74, 6) is -2.77. The van der Waals surface area contributed by atoms with E-state index in [-0.39, 0.29) is 6.42 Å². The molecule has 0 bridgehead atoms. The van der Waals surface area contributed by atoms with Gasteiger partial charge >= 0.3 is 0 Å².